The molecule has 1 aromatic carbocycles. The van der Waals surface area contributed by atoms with Gasteiger partial charge in [0, 0.05) is 24.6 Å². The molecule has 0 fully saturated rings. The average molecular weight is 442 g/mol. The first-order valence-corrected chi connectivity index (χ1v) is 10.6. The van der Waals surface area contributed by atoms with Gasteiger partial charge < -0.3 is 4.74 Å². The summed E-state index contributed by atoms with van der Waals surface area (Å²) in [5, 5.41) is 5.40. The molecule has 1 amide bonds. The monoisotopic (exact) mass is 441 g/mol. The van der Waals surface area contributed by atoms with Gasteiger partial charge in [0.1, 0.15) is 17.0 Å². The number of benzene rings is 1. The molecule has 9 heteroatoms. The quantitative estimate of drug-likeness (QED) is 0.422. The SMILES string of the molecule is COc1ccc(Cl)c2sc(N(Cc3cccnc3)C(=O)c3ccnn3C(C)C)nc12. The molecule has 0 aliphatic rings. The molecule has 0 saturated carbocycles. The van der Waals surface area contributed by atoms with Crippen molar-refractivity contribution >= 4 is 44.2 Å². The summed E-state index contributed by atoms with van der Waals surface area (Å²) in [5.41, 5.74) is 2.01. The molecule has 154 valence electrons. The number of fused-ring (bicyclic) bond motifs is 1. The van der Waals surface area contributed by atoms with Crippen LogP contribution >= 0.6 is 22.9 Å². The van der Waals surface area contributed by atoms with Gasteiger partial charge >= 0.3 is 0 Å². The molecule has 0 aliphatic carbocycles. The van der Waals surface area contributed by atoms with Gasteiger partial charge in [-0.2, -0.15) is 5.10 Å². The highest BCUT2D eigenvalue weighted by Crippen LogP contribution is 2.39. The molecule has 0 unspecified atom stereocenters. The fourth-order valence-corrected chi connectivity index (χ4v) is 4.41. The van der Waals surface area contributed by atoms with Crippen molar-refractivity contribution in [1.29, 1.82) is 0 Å². The standard InChI is InChI=1S/C21H20ClN5O2S/c1-13(2)27-16(8-10-24-27)20(28)26(12-14-5-4-9-23-11-14)21-25-18-17(29-3)7-6-15(22)19(18)30-21/h4-11,13H,12H2,1-3H3. The highest BCUT2D eigenvalue weighted by atomic mass is 35.5. The molecule has 0 radical (unpaired) electrons. The van der Waals surface area contributed by atoms with Crippen molar-refractivity contribution in [2.24, 2.45) is 0 Å². The Hall–Kier alpha value is -2.97. The van der Waals surface area contributed by atoms with Crippen molar-refractivity contribution in [3.63, 3.8) is 0 Å². The second kappa shape index (κ2) is 8.41. The molecule has 0 aliphatic heterocycles. The Morgan fingerprint density at radius 3 is 2.80 bits per heavy atom. The molecule has 4 aromatic rings. The van der Waals surface area contributed by atoms with Crippen LogP contribution in [0.1, 0.15) is 35.9 Å². The van der Waals surface area contributed by atoms with Crippen LogP contribution in [0, 0.1) is 0 Å². The number of pyridine rings is 1. The number of anilines is 1. The fourth-order valence-electron chi connectivity index (χ4n) is 3.16. The number of carbonyl (C=O) groups excluding carboxylic acids is 1. The third-order valence-electron chi connectivity index (χ3n) is 4.59. The van der Waals surface area contributed by atoms with Crippen molar-refractivity contribution in [3.8, 4) is 5.75 Å². The maximum absolute atomic E-state index is 13.6. The maximum Gasteiger partial charge on any atom is 0.278 e. The molecule has 0 N–H and O–H groups in total. The number of hydrogen-bond acceptors (Lipinski definition) is 6. The second-order valence-corrected chi connectivity index (χ2v) is 8.32. The Morgan fingerprint density at radius 1 is 1.27 bits per heavy atom. The first-order valence-electron chi connectivity index (χ1n) is 9.37. The first kappa shape index (κ1) is 20.3. The topological polar surface area (TPSA) is 73.1 Å². The minimum Gasteiger partial charge on any atom is -0.494 e. The molecule has 0 bridgehead atoms. The summed E-state index contributed by atoms with van der Waals surface area (Å²) in [5.74, 6) is 0.414. The zero-order valence-corrected chi connectivity index (χ0v) is 18.3. The van der Waals surface area contributed by atoms with Gasteiger partial charge in [-0.25, -0.2) is 4.98 Å². The van der Waals surface area contributed by atoms with Crippen molar-refractivity contribution in [1.82, 2.24) is 19.7 Å². The predicted octanol–water partition coefficient (Wildman–Crippen LogP) is 4.98. The number of amides is 1. The zero-order chi connectivity index (χ0) is 21.3. The minimum absolute atomic E-state index is 0.0455. The number of nitrogens with zero attached hydrogens (tertiary/aromatic N) is 5. The smallest absolute Gasteiger partial charge is 0.278 e. The highest BCUT2D eigenvalue weighted by molar-refractivity contribution is 7.23. The number of aromatic nitrogens is 4. The molecule has 30 heavy (non-hydrogen) atoms. The summed E-state index contributed by atoms with van der Waals surface area (Å²) >= 11 is 7.75. The Balaban J connectivity index is 1.83. The molecule has 4 rings (SSSR count). The van der Waals surface area contributed by atoms with Crippen molar-refractivity contribution in [2.45, 2.75) is 26.4 Å². The van der Waals surface area contributed by atoms with Gasteiger partial charge in [-0.3, -0.25) is 19.4 Å². The van der Waals surface area contributed by atoms with Crippen molar-refractivity contribution < 1.29 is 9.53 Å². The van der Waals surface area contributed by atoms with Crippen LogP contribution in [-0.2, 0) is 6.54 Å². The first-order chi connectivity index (χ1) is 14.5. The van der Waals surface area contributed by atoms with E-state index >= 15 is 0 Å². The van der Waals surface area contributed by atoms with Gasteiger partial charge in [-0.15, -0.1) is 0 Å². The van der Waals surface area contributed by atoms with Crippen LogP contribution in [0.3, 0.4) is 0 Å². The van der Waals surface area contributed by atoms with E-state index in [1.807, 2.05) is 26.0 Å². The average Bonchev–Trinajstić information content (AvgIpc) is 3.41. The number of methoxy groups -OCH3 is 1. The summed E-state index contributed by atoms with van der Waals surface area (Å²) in [6.45, 7) is 4.28. The van der Waals surface area contributed by atoms with Crippen molar-refractivity contribution in [2.75, 3.05) is 12.0 Å². The summed E-state index contributed by atoms with van der Waals surface area (Å²) in [4.78, 5) is 24.1. The van der Waals surface area contributed by atoms with Crippen LogP contribution in [0.25, 0.3) is 10.2 Å². The van der Waals surface area contributed by atoms with E-state index in [0.717, 1.165) is 10.3 Å². The largest absolute Gasteiger partial charge is 0.494 e. The summed E-state index contributed by atoms with van der Waals surface area (Å²) < 4.78 is 7.91. The van der Waals surface area contributed by atoms with E-state index in [0.29, 0.717) is 33.7 Å². The van der Waals surface area contributed by atoms with Crippen LogP contribution in [0.2, 0.25) is 5.02 Å². The van der Waals surface area contributed by atoms with Crippen LogP contribution < -0.4 is 9.64 Å². The van der Waals surface area contributed by atoms with Crippen LogP contribution in [0.5, 0.6) is 5.75 Å². The number of halogens is 1. The summed E-state index contributed by atoms with van der Waals surface area (Å²) in [7, 11) is 1.58. The number of hydrogen-bond donors (Lipinski definition) is 0. The van der Waals surface area contributed by atoms with Gasteiger partial charge in [0.2, 0.25) is 0 Å². The molecular weight excluding hydrogens is 422 g/mol. The molecule has 0 saturated heterocycles. The molecular formula is C21H20ClN5O2S. The number of thiazole rings is 1. The number of ether oxygens (including phenoxy) is 1. The molecule has 7 nitrogen and oxygen atoms in total. The minimum atomic E-state index is -0.195. The maximum atomic E-state index is 13.6. The van der Waals surface area contributed by atoms with Gasteiger partial charge in [0.05, 0.1) is 23.4 Å². The van der Waals surface area contributed by atoms with E-state index in [2.05, 4.69) is 10.1 Å². The Morgan fingerprint density at radius 2 is 2.10 bits per heavy atom. The van der Waals surface area contributed by atoms with Crippen LogP contribution in [0.15, 0.2) is 48.9 Å². The molecule has 3 aromatic heterocycles. The van der Waals surface area contributed by atoms with E-state index in [-0.39, 0.29) is 11.9 Å². The third-order valence-corrected chi connectivity index (χ3v) is 6.12. The van der Waals surface area contributed by atoms with E-state index in [9.17, 15) is 4.79 Å². The van der Waals surface area contributed by atoms with E-state index in [4.69, 9.17) is 21.3 Å². The lowest BCUT2D eigenvalue weighted by molar-refractivity contribution is 0.0973. The van der Waals surface area contributed by atoms with Crippen LogP contribution in [0.4, 0.5) is 5.13 Å². The normalized spacial score (nSPS) is 11.2. The predicted molar refractivity (Wildman–Crippen MR) is 119 cm³/mol. The zero-order valence-electron chi connectivity index (χ0n) is 16.7. The van der Waals surface area contributed by atoms with Gasteiger partial charge in [-0.05, 0) is 43.7 Å². The van der Waals surface area contributed by atoms with E-state index in [1.54, 1.807) is 53.5 Å². The summed E-state index contributed by atoms with van der Waals surface area (Å²) in [6, 6.07) is 9.08. The van der Waals surface area contributed by atoms with Gasteiger partial charge in [-0.1, -0.05) is 29.0 Å². The van der Waals surface area contributed by atoms with E-state index < -0.39 is 0 Å². The van der Waals surface area contributed by atoms with E-state index in [1.165, 1.54) is 11.3 Å². The lowest BCUT2D eigenvalue weighted by atomic mass is 10.2. The fraction of sp³-hybridized carbons (Fsp3) is 0.238. The lowest BCUT2D eigenvalue weighted by Gasteiger charge is -2.21. The van der Waals surface area contributed by atoms with Crippen molar-refractivity contribution in [3.05, 3.63) is 65.2 Å². The van der Waals surface area contributed by atoms with Crippen LogP contribution in [-0.4, -0.2) is 32.8 Å². The van der Waals surface area contributed by atoms with Gasteiger partial charge in [0.15, 0.2) is 5.13 Å². The Labute approximate surface area is 182 Å². The Kier molecular flexibility index (Phi) is 5.69. The number of rotatable bonds is 6. The lowest BCUT2D eigenvalue weighted by Crippen LogP contribution is -2.32. The highest BCUT2D eigenvalue weighted by Gasteiger charge is 2.26. The summed E-state index contributed by atoms with van der Waals surface area (Å²) in [6.07, 6.45) is 5.07. The molecule has 0 atom stereocenters. The second-order valence-electron chi connectivity index (χ2n) is 6.93. The molecule has 0 spiro atoms. The van der Waals surface area contributed by atoms with Gasteiger partial charge in [0.25, 0.3) is 5.91 Å². The molecule has 3 heterocycles. The number of carbonyl (C=O) groups is 1. The third kappa shape index (κ3) is 3.76. The Bertz CT molecular complexity index is 1190.